The highest BCUT2D eigenvalue weighted by atomic mass is 79.9. The zero-order chi connectivity index (χ0) is 15.3. The van der Waals surface area contributed by atoms with Gasteiger partial charge in [-0.25, -0.2) is 0 Å². The molecule has 0 saturated heterocycles. The molecule has 1 N–H and O–H groups in total. The highest BCUT2D eigenvalue weighted by Crippen LogP contribution is 2.25. The maximum Gasteiger partial charge on any atom is 0.308 e. The SMILES string of the molecule is CC(CN(C)C(=O)C(C)Oc1ccccc1Br)C(=O)O. The van der Waals surface area contributed by atoms with E-state index in [4.69, 9.17) is 9.84 Å². The van der Waals surface area contributed by atoms with Crippen LogP contribution in [0, 0.1) is 5.92 Å². The first-order valence-electron chi connectivity index (χ1n) is 6.22. The van der Waals surface area contributed by atoms with Crippen LogP contribution in [0.5, 0.6) is 5.75 Å². The predicted octanol–water partition coefficient (Wildman–Crippen LogP) is 2.40. The zero-order valence-electron chi connectivity index (χ0n) is 11.7. The van der Waals surface area contributed by atoms with Crippen molar-refractivity contribution >= 4 is 27.8 Å². The van der Waals surface area contributed by atoms with Gasteiger partial charge in [0.25, 0.3) is 5.91 Å². The van der Waals surface area contributed by atoms with E-state index < -0.39 is 18.0 Å². The van der Waals surface area contributed by atoms with Crippen molar-refractivity contribution < 1.29 is 19.4 Å². The van der Waals surface area contributed by atoms with Gasteiger partial charge in [0.15, 0.2) is 6.10 Å². The van der Waals surface area contributed by atoms with Crippen LogP contribution in [0.25, 0.3) is 0 Å². The normalized spacial score (nSPS) is 13.4. The van der Waals surface area contributed by atoms with E-state index in [2.05, 4.69) is 15.9 Å². The van der Waals surface area contributed by atoms with Crippen LogP contribution < -0.4 is 4.74 Å². The molecule has 1 aromatic carbocycles. The van der Waals surface area contributed by atoms with Crippen LogP contribution in [-0.2, 0) is 9.59 Å². The van der Waals surface area contributed by atoms with Gasteiger partial charge in [0.2, 0.25) is 0 Å². The van der Waals surface area contributed by atoms with Crippen LogP contribution in [0.4, 0.5) is 0 Å². The molecule has 0 spiro atoms. The van der Waals surface area contributed by atoms with Crippen molar-refractivity contribution in [3.8, 4) is 5.75 Å². The summed E-state index contributed by atoms with van der Waals surface area (Å²) in [7, 11) is 1.57. The quantitative estimate of drug-likeness (QED) is 0.861. The van der Waals surface area contributed by atoms with E-state index in [1.807, 2.05) is 18.2 Å². The molecule has 0 aliphatic carbocycles. The number of para-hydroxylation sites is 1. The first kappa shape index (κ1) is 16.5. The highest BCUT2D eigenvalue weighted by Gasteiger charge is 2.23. The van der Waals surface area contributed by atoms with Crippen molar-refractivity contribution in [3.63, 3.8) is 0 Å². The topological polar surface area (TPSA) is 66.8 Å². The monoisotopic (exact) mass is 343 g/mol. The minimum absolute atomic E-state index is 0.151. The van der Waals surface area contributed by atoms with Gasteiger partial charge in [0.05, 0.1) is 10.4 Å². The summed E-state index contributed by atoms with van der Waals surface area (Å²) in [6.07, 6.45) is -0.681. The molecule has 0 bridgehead atoms. The molecule has 5 nitrogen and oxygen atoms in total. The summed E-state index contributed by atoms with van der Waals surface area (Å²) in [5.41, 5.74) is 0. The summed E-state index contributed by atoms with van der Waals surface area (Å²) >= 11 is 3.34. The summed E-state index contributed by atoms with van der Waals surface area (Å²) in [5.74, 6) is -1.22. The Bertz CT molecular complexity index is 492. The first-order valence-corrected chi connectivity index (χ1v) is 7.01. The summed E-state index contributed by atoms with van der Waals surface area (Å²) in [4.78, 5) is 24.3. The fourth-order valence-corrected chi connectivity index (χ4v) is 2.05. The number of likely N-dealkylation sites (N-methyl/N-ethyl adjacent to an activating group) is 1. The number of benzene rings is 1. The van der Waals surface area contributed by atoms with Crippen molar-refractivity contribution in [2.45, 2.75) is 20.0 Å². The van der Waals surface area contributed by atoms with Crippen molar-refractivity contribution in [1.29, 1.82) is 0 Å². The maximum absolute atomic E-state index is 12.1. The summed E-state index contributed by atoms with van der Waals surface area (Å²) in [6, 6.07) is 7.24. The summed E-state index contributed by atoms with van der Waals surface area (Å²) in [5, 5.41) is 8.85. The number of carboxylic acids is 1. The molecule has 1 amide bonds. The van der Waals surface area contributed by atoms with Gasteiger partial charge in [-0.1, -0.05) is 19.1 Å². The average Bonchev–Trinajstić information content (AvgIpc) is 2.40. The minimum Gasteiger partial charge on any atom is -0.481 e. The fourth-order valence-electron chi connectivity index (χ4n) is 1.67. The van der Waals surface area contributed by atoms with Crippen LogP contribution in [-0.4, -0.2) is 41.6 Å². The third-order valence-electron chi connectivity index (χ3n) is 2.83. The van der Waals surface area contributed by atoms with Crippen molar-refractivity contribution in [3.05, 3.63) is 28.7 Å². The van der Waals surface area contributed by atoms with E-state index in [0.717, 1.165) is 4.47 Å². The Morgan fingerprint density at radius 3 is 2.50 bits per heavy atom. The number of hydrogen-bond donors (Lipinski definition) is 1. The number of amides is 1. The molecule has 110 valence electrons. The fraction of sp³-hybridized carbons (Fsp3) is 0.429. The Hall–Kier alpha value is -1.56. The standard InChI is InChI=1S/C14H18BrNO4/c1-9(14(18)19)8-16(3)13(17)10(2)20-12-7-5-4-6-11(12)15/h4-7,9-10H,8H2,1-3H3,(H,18,19). The number of nitrogens with zero attached hydrogens (tertiary/aromatic N) is 1. The molecule has 0 heterocycles. The number of carbonyl (C=O) groups excluding carboxylic acids is 1. The average molecular weight is 344 g/mol. The Labute approximate surface area is 126 Å². The van der Waals surface area contributed by atoms with Gasteiger partial charge in [0, 0.05) is 13.6 Å². The second-order valence-electron chi connectivity index (χ2n) is 4.65. The van der Waals surface area contributed by atoms with E-state index >= 15 is 0 Å². The van der Waals surface area contributed by atoms with Crippen molar-refractivity contribution in [2.24, 2.45) is 5.92 Å². The third-order valence-corrected chi connectivity index (χ3v) is 3.49. The lowest BCUT2D eigenvalue weighted by molar-refractivity contribution is -0.144. The van der Waals surface area contributed by atoms with Gasteiger partial charge in [-0.2, -0.15) is 0 Å². The predicted molar refractivity (Wildman–Crippen MR) is 78.7 cm³/mol. The van der Waals surface area contributed by atoms with Gasteiger partial charge in [0.1, 0.15) is 5.75 Å². The van der Waals surface area contributed by atoms with Crippen LogP contribution >= 0.6 is 15.9 Å². The molecule has 0 aromatic heterocycles. The minimum atomic E-state index is -0.927. The maximum atomic E-state index is 12.1. The number of carbonyl (C=O) groups is 2. The summed E-state index contributed by atoms with van der Waals surface area (Å²) < 4.78 is 6.35. The Morgan fingerprint density at radius 2 is 1.95 bits per heavy atom. The van der Waals surface area contributed by atoms with Crippen LogP contribution in [0.1, 0.15) is 13.8 Å². The Kier molecular flexibility index (Phi) is 6.01. The molecule has 0 radical (unpaired) electrons. The van der Waals surface area contributed by atoms with Crippen LogP contribution in [0.15, 0.2) is 28.7 Å². The lowest BCUT2D eigenvalue weighted by Crippen LogP contribution is -2.41. The van der Waals surface area contributed by atoms with Crippen LogP contribution in [0.3, 0.4) is 0 Å². The smallest absolute Gasteiger partial charge is 0.308 e. The van der Waals surface area contributed by atoms with Gasteiger partial charge in [-0.15, -0.1) is 0 Å². The van der Waals surface area contributed by atoms with E-state index in [0.29, 0.717) is 5.75 Å². The molecule has 1 rings (SSSR count). The molecule has 0 aliphatic rings. The second-order valence-corrected chi connectivity index (χ2v) is 5.50. The lowest BCUT2D eigenvalue weighted by Gasteiger charge is -2.23. The van der Waals surface area contributed by atoms with Gasteiger partial charge >= 0.3 is 5.97 Å². The van der Waals surface area contributed by atoms with Crippen molar-refractivity contribution in [1.82, 2.24) is 4.90 Å². The number of aliphatic carboxylic acids is 1. The number of hydrogen-bond acceptors (Lipinski definition) is 3. The first-order chi connectivity index (χ1) is 9.32. The van der Waals surface area contributed by atoms with E-state index in [-0.39, 0.29) is 12.5 Å². The number of rotatable bonds is 6. The number of carboxylic acid groups (broad SMARTS) is 1. The molecule has 0 aliphatic heterocycles. The molecule has 2 unspecified atom stereocenters. The Balaban J connectivity index is 2.63. The summed E-state index contributed by atoms with van der Waals surface area (Å²) in [6.45, 7) is 3.35. The molecule has 0 saturated carbocycles. The van der Waals surface area contributed by atoms with Gasteiger partial charge in [-0.3, -0.25) is 9.59 Å². The van der Waals surface area contributed by atoms with Crippen LogP contribution in [0.2, 0.25) is 0 Å². The zero-order valence-corrected chi connectivity index (χ0v) is 13.3. The third kappa shape index (κ3) is 4.52. The van der Waals surface area contributed by atoms with E-state index in [9.17, 15) is 9.59 Å². The molecule has 1 aromatic rings. The number of ether oxygens (including phenoxy) is 1. The van der Waals surface area contributed by atoms with Gasteiger partial charge < -0.3 is 14.7 Å². The Morgan fingerprint density at radius 1 is 1.35 bits per heavy atom. The van der Waals surface area contributed by atoms with Crippen molar-refractivity contribution in [2.75, 3.05) is 13.6 Å². The molecule has 2 atom stereocenters. The number of halogens is 1. The molecule has 6 heteroatoms. The molecular formula is C14H18BrNO4. The molecular weight excluding hydrogens is 326 g/mol. The largest absolute Gasteiger partial charge is 0.481 e. The molecule has 0 fully saturated rings. The van der Waals surface area contributed by atoms with Gasteiger partial charge in [-0.05, 0) is 35.0 Å². The highest BCUT2D eigenvalue weighted by molar-refractivity contribution is 9.10. The van der Waals surface area contributed by atoms with E-state index in [1.165, 1.54) is 4.90 Å². The second kappa shape index (κ2) is 7.28. The van der Waals surface area contributed by atoms with E-state index in [1.54, 1.807) is 27.0 Å². The molecule has 20 heavy (non-hydrogen) atoms. The lowest BCUT2D eigenvalue weighted by atomic mass is 10.1.